The summed E-state index contributed by atoms with van der Waals surface area (Å²) in [4.78, 5) is 4.56. The van der Waals surface area contributed by atoms with Crippen molar-refractivity contribution in [2.45, 2.75) is 20.3 Å². The number of hydrogen-bond donors (Lipinski definition) is 1. The molecule has 0 atom stereocenters. The average molecular weight is 221 g/mol. The highest BCUT2D eigenvalue weighted by molar-refractivity contribution is 6.31. The summed E-state index contributed by atoms with van der Waals surface area (Å²) in [5.41, 5.74) is 9.77. The van der Waals surface area contributed by atoms with Gasteiger partial charge in [0.25, 0.3) is 0 Å². The first-order valence-electron chi connectivity index (χ1n) is 4.97. The summed E-state index contributed by atoms with van der Waals surface area (Å²) in [6.45, 7) is 4.07. The molecule has 0 spiro atoms. The van der Waals surface area contributed by atoms with E-state index in [-0.39, 0.29) is 0 Å². The minimum Gasteiger partial charge on any atom is -0.398 e. The van der Waals surface area contributed by atoms with Gasteiger partial charge < -0.3 is 5.73 Å². The van der Waals surface area contributed by atoms with Gasteiger partial charge in [-0.2, -0.15) is 0 Å². The van der Waals surface area contributed by atoms with E-state index in [1.54, 1.807) is 0 Å². The van der Waals surface area contributed by atoms with Crippen LogP contribution in [0, 0.1) is 6.92 Å². The Morgan fingerprint density at radius 2 is 2.07 bits per heavy atom. The number of rotatable bonds is 1. The van der Waals surface area contributed by atoms with Gasteiger partial charge in [0.15, 0.2) is 0 Å². The van der Waals surface area contributed by atoms with E-state index < -0.39 is 0 Å². The quantitative estimate of drug-likeness (QED) is 0.801. The molecule has 1 aromatic carbocycles. The highest BCUT2D eigenvalue weighted by Gasteiger charge is 2.06. The molecule has 0 unspecified atom stereocenters. The number of nitrogen functional groups attached to an aromatic ring is 1. The number of hydrogen-bond acceptors (Lipinski definition) is 2. The van der Waals surface area contributed by atoms with Gasteiger partial charge in [0.1, 0.15) is 0 Å². The zero-order valence-electron chi connectivity index (χ0n) is 8.84. The summed E-state index contributed by atoms with van der Waals surface area (Å²) < 4.78 is 0. The van der Waals surface area contributed by atoms with Gasteiger partial charge in [0.2, 0.25) is 0 Å². The fraction of sp³-hybridized carbons (Fsp3) is 0.250. The fourth-order valence-corrected chi connectivity index (χ4v) is 1.99. The second-order valence-electron chi connectivity index (χ2n) is 3.68. The Labute approximate surface area is 94.1 Å². The molecular weight excluding hydrogens is 208 g/mol. The van der Waals surface area contributed by atoms with Gasteiger partial charge in [-0.1, -0.05) is 18.5 Å². The minimum absolute atomic E-state index is 0.706. The van der Waals surface area contributed by atoms with Crippen LogP contribution in [0.5, 0.6) is 0 Å². The molecule has 78 valence electrons. The highest BCUT2D eigenvalue weighted by atomic mass is 35.5. The lowest BCUT2D eigenvalue weighted by Gasteiger charge is -2.07. The van der Waals surface area contributed by atoms with E-state index in [1.165, 1.54) is 0 Å². The number of anilines is 1. The van der Waals surface area contributed by atoms with Crippen molar-refractivity contribution in [3.8, 4) is 0 Å². The van der Waals surface area contributed by atoms with E-state index in [0.717, 1.165) is 34.3 Å². The van der Waals surface area contributed by atoms with Gasteiger partial charge in [-0.05, 0) is 37.1 Å². The Kier molecular flexibility index (Phi) is 2.53. The SMILES string of the molecule is CCc1cc(N)c2cc(Cl)cc(C)c2n1. The molecule has 15 heavy (non-hydrogen) atoms. The maximum absolute atomic E-state index is 5.99. The molecule has 0 saturated carbocycles. The Balaban J connectivity index is 2.85. The summed E-state index contributed by atoms with van der Waals surface area (Å²) in [7, 11) is 0. The van der Waals surface area contributed by atoms with Gasteiger partial charge >= 0.3 is 0 Å². The molecule has 0 fully saturated rings. The van der Waals surface area contributed by atoms with E-state index in [4.69, 9.17) is 17.3 Å². The molecule has 2 N–H and O–H groups in total. The van der Waals surface area contributed by atoms with Crippen LogP contribution in [-0.2, 0) is 6.42 Å². The summed E-state index contributed by atoms with van der Waals surface area (Å²) in [5.74, 6) is 0. The Hall–Kier alpha value is -1.28. The van der Waals surface area contributed by atoms with Crippen LogP contribution in [0.4, 0.5) is 5.69 Å². The van der Waals surface area contributed by atoms with Crippen molar-refractivity contribution in [2.75, 3.05) is 5.73 Å². The van der Waals surface area contributed by atoms with Crippen LogP contribution in [0.25, 0.3) is 10.9 Å². The average Bonchev–Trinajstić information content (AvgIpc) is 2.19. The van der Waals surface area contributed by atoms with E-state index in [0.29, 0.717) is 5.02 Å². The third-order valence-electron chi connectivity index (χ3n) is 2.52. The van der Waals surface area contributed by atoms with E-state index >= 15 is 0 Å². The second-order valence-corrected chi connectivity index (χ2v) is 4.11. The molecule has 0 saturated heterocycles. The lowest BCUT2D eigenvalue weighted by molar-refractivity contribution is 1.06. The zero-order valence-corrected chi connectivity index (χ0v) is 9.60. The van der Waals surface area contributed by atoms with Gasteiger partial charge in [0, 0.05) is 21.8 Å². The molecule has 0 aliphatic carbocycles. The molecular formula is C12H13ClN2. The van der Waals surface area contributed by atoms with Crippen molar-refractivity contribution in [1.29, 1.82) is 0 Å². The largest absolute Gasteiger partial charge is 0.398 e. The monoisotopic (exact) mass is 220 g/mol. The number of aryl methyl sites for hydroxylation is 2. The van der Waals surface area contributed by atoms with Gasteiger partial charge in [-0.25, -0.2) is 0 Å². The Morgan fingerprint density at radius 3 is 2.73 bits per heavy atom. The van der Waals surface area contributed by atoms with Crippen LogP contribution in [0.1, 0.15) is 18.2 Å². The Morgan fingerprint density at radius 1 is 1.33 bits per heavy atom. The second kappa shape index (κ2) is 3.70. The van der Waals surface area contributed by atoms with Crippen LogP contribution in [0.2, 0.25) is 5.02 Å². The fourth-order valence-electron chi connectivity index (χ4n) is 1.72. The number of halogens is 1. The van der Waals surface area contributed by atoms with E-state index in [9.17, 15) is 0 Å². The first kappa shape index (κ1) is 10.2. The maximum Gasteiger partial charge on any atom is 0.0756 e. The molecule has 0 aliphatic heterocycles. The molecule has 2 rings (SSSR count). The minimum atomic E-state index is 0.706. The summed E-state index contributed by atoms with van der Waals surface area (Å²) in [5, 5.41) is 1.65. The topological polar surface area (TPSA) is 38.9 Å². The van der Waals surface area contributed by atoms with Crippen molar-refractivity contribution < 1.29 is 0 Å². The molecule has 2 aromatic rings. The summed E-state index contributed by atoms with van der Waals surface area (Å²) in [6, 6.07) is 5.69. The molecule has 0 radical (unpaired) electrons. The van der Waals surface area contributed by atoms with Gasteiger partial charge in [-0.15, -0.1) is 0 Å². The normalized spacial score (nSPS) is 10.9. The predicted octanol–water partition coefficient (Wildman–Crippen LogP) is 3.34. The van der Waals surface area contributed by atoms with Crippen LogP contribution in [0.15, 0.2) is 18.2 Å². The summed E-state index contributed by atoms with van der Waals surface area (Å²) in [6.07, 6.45) is 0.891. The first-order valence-corrected chi connectivity index (χ1v) is 5.35. The third-order valence-corrected chi connectivity index (χ3v) is 2.73. The maximum atomic E-state index is 5.99. The standard InChI is InChI=1S/C12H13ClN2/c1-3-9-6-11(14)10-5-8(13)4-7(2)12(10)15-9/h4-6H,3H2,1-2H3,(H2,14,15). The smallest absolute Gasteiger partial charge is 0.0756 e. The number of aromatic nitrogens is 1. The predicted molar refractivity (Wildman–Crippen MR) is 65.3 cm³/mol. The third kappa shape index (κ3) is 1.77. The van der Waals surface area contributed by atoms with Crippen LogP contribution in [0.3, 0.4) is 0 Å². The molecule has 0 bridgehead atoms. The molecule has 1 aromatic heterocycles. The first-order chi connectivity index (χ1) is 7.11. The molecule has 3 heteroatoms. The van der Waals surface area contributed by atoms with Gasteiger partial charge in [-0.3, -0.25) is 4.98 Å². The molecule has 0 amide bonds. The van der Waals surface area contributed by atoms with Crippen molar-refractivity contribution in [3.63, 3.8) is 0 Å². The molecule has 0 aliphatic rings. The van der Waals surface area contributed by atoms with Crippen molar-refractivity contribution in [2.24, 2.45) is 0 Å². The lowest BCUT2D eigenvalue weighted by Crippen LogP contribution is -1.96. The number of nitrogens with zero attached hydrogens (tertiary/aromatic N) is 1. The van der Waals surface area contributed by atoms with Crippen LogP contribution < -0.4 is 5.73 Å². The lowest BCUT2D eigenvalue weighted by atomic mass is 10.1. The van der Waals surface area contributed by atoms with Crippen LogP contribution >= 0.6 is 11.6 Å². The number of fused-ring (bicyclic) bond motifs is 1. The molecule has 1 heterocycles. The van der Waals surface area contributed by atoms with Crippen molar-refractivity contribution in [1.82, 2.24) is 4.98 Å². The van der Waals surface area contributed by atoms with Crippen LogP contribution in [-0.4, -0.2) is 4.98 Å². The number of nitrogens with two attached hydrogens (primary N) is 1. The Bertz CT molecular complexity index is 521. The zero-order chi connectivity index (χ0) is 11.0. The highest BCUT2D eigenvalue weighted by Crippen LogP contribution is 2.27. The van der Waals surface area contributed by atoms with Crippen molar-refractivity contribution >= 4 is 28.2 Å². The summed E-state index contributed by atoms with van der Waals surface area (Å²) >= 11 is 5.99. The van der Waals surface area contributed by atoms with E-state index in [2.05, 4.69) is 11.9 Å². The van der Waals surface area contributed by atoms with E-state index in [1.807, 2.05) is 25.1 Å². The van der Waals surface area contributed by atoms with Gasteiger partial charge in [0.05, 0.1) is 5.52 Å². The number of pyridine rings is 1. The molecule has 2 nitrogen and oxygen atoms in total. The van der Waals surface area contributed by atoms with Crippen molar-refractivity contribution in [3.05, 3.63) is 34.5 Å². The number of benzene rings is 1.